The minimum Gasteiger partial charge on any atom is -0.488 e. The molecule has 19 heteroatoms. The maximum Gasteiger partial charge on any atom is 0.251 e. The van der Waals surface area contributed by atoms with Crippen molar-refractivity contribution in [1.82, 2.24) is 35.5 Å². The fraction of sp³-hybridized carbons (Fsp3) is 0.500. The molecule has 3 atom stereocenters. The quantitative estimate of drug-likeness (QED) is 0.0624. The number of halogens is 5. The lowest BCUT2D eigenvalue weighted by Gasteiger charge is -2.43. The number of hydrogen-bond acceptors (Lipinski definition) is 10. The molecule has 10 rings (SSSR count). The van der Waals surface area contributed by atoms with Crippen LogP contribution < -0.4 is 25.4 Å². The summed E-state index contributed by atoms with van der Waals surface area (Å²) < 4.78 is 78.6. The number of hydrogen-bond donors (Lipinski definition) is 4. The number of fused-ring (bicyclic) bond motifs is 2. The Morgan fingerprint density at radius 3 is 2.30 bits per heavy atom. The van der Waals surface area contributed by atoms with Crippen molar-refractivity contribution in [2.75, 3.05) is 59.5 Å². The highest BCUT2D eigenvalue weighted by molar-refractivity contribution is 6.34. The van der Waals surface area contributed by atoms with E-state index in [-0.39, 0.29) is 112 Å². The van der Waals surface area contributed by atoms with Crippen molar-refractivity contribution in [2.45, 2.75) is 107 Å². The molecule has 1 aromatic heterocycles. The van der Waals surface area contributed by atoms with E-state index < -0.39 is 57.9 Å². The highest BCUT2D eigenvalue weighted by atomic mass is 35.5. The zero-order chi connectivity index (χ0) is 54.5. The van der Waals surface area contributed by atoms with Crippen LogP contribution in [0.5, 0.6) is 11.5 Å². The van der Waals surface area contributed by atoms with Gasteiger partial charge in [0, 0.05) is 97.8 Å². The number of nitrogens with one attached hydrogen (secondary N) is 3. The molecule has 3 saturated heterocycles. The number of aliphatic hydroxyl groups is 1. The molecule has 77 heavy (non-hydrogen) atoms. The number of benzene rings is 4. The third-order valence-electron chi connectivity index (χ3n) is 17.4. The highest BCUT2D eigenvalue weighted by Gasteiger charge is 2.51. The number of aliphatic hydroxyl groups excluding tert-OH is 1. The van der Waals surface area contributed by atoms with E-state index in [2.05, 4.69) is 32.9 Å². The van der Waals surface area contributed by atoms with Gasteiger partial charge in [0.2, 0.25) is 17.7 Å². The Morgan fingerprint density at radius 1 is 0.909 bits per heavy atom. The summed E-state index contributed by atoms with van der Waals surface area (Å²) in [5.41, 5.74) is -0.312. The van der Waals surface area contributed by atoms with Gasteiger partial charge >= 0.3 is 0 Å². The third-order valence-corrected chi connectivity index (χ3v) is 17.8. The Balaban J connectivity index is 0.755. The first-order valence-corrected chi connectivity index (χ1v) is 27.3. The van der Waals surface area contributed by atoms with Gasteiger partial charge in [0.1, 0.15) is 29.5 Å². The first kappa shape index (κ1) is 54.3. The molecule has 5 heterocycles. The molecule has 4 N–H and O–H groups in total. The largest absolute Gasteiger partial charge is 0.488 e. The van der Waals surface area contributed by atoms with E-state index in [1.165, 1.54) is 36.0 Å². The molecule has 4 fully saturated rings. The summed E-state index contributed by atoms with van der Waals surface area (Å²) in [7, 11) is 3.00. The standard InChI is InChI=1S/C58H66ClF4N7O7/c1-32-45-43(29-41(61)49(59)48(45)47-37(54(73)64-3)10-12-42(50(47)62)76-27-26-71)77-58(32,35-8-6-5-7-9-35)31-65-36-14-20-57(2,21-15-36)56(75)70-24-16-33(17-25-70)30-69-22-18-34(19-23-69)46-40(60)28-39-52(67-68(4)53(39)51(46)63)38-11-13-44(72)66-55(38)74/h5-10,12,28-29,32-34,36,38,65,71H,11,13-27,30-31H2,1-4H3,(H,64,73)(H,66,72,74)/t32-,36?,38?,57?,58-/m0/s1. The molecule has 410 valence electrons. The maximum atomic E-state index is 16.7. The number of amides is 4. The van der Waals surface area contributed by atoms with E-state index in [9.17, 15) is 24.3 Å². The number of ether oxygens (including phenoxy) is 2. The monoisotopic (exact) mass is 1080 g/mol. The molecule has 5 aromatic rings. The summed E-state index contributed by atoms with van der Waals surface area (Å²) in [6.07, 6.45) is 6.06. The summed E-state index contributed by atoms with van der Waals surface area (Å²) in [5.74, 6) is -5.76. The zero-order valence-electron chi connectivity index (χ0n) is 43.9. The molecule has 4 aromatic carbocycles. The lowest BCUT2D eigenvalue weighted by atomic mass is 9.72. The predicted molar refractivity (Wildman–Crippen MR) is 282 cm³/mol. The smallest absolute Gasteiger partial charge is 0.251 e. The molecule has 1 saturated carbocycles. The number of carbonyl (C=O) groups is 4. The summed E-state index contributed by atoms with van der Waals surface area (Å²) in [4.78, 5) is 56.4. The van der Waals surface area contributed by atoms with E-state index in [0.717, 1.165) is 37.8 Å². The van der Waals surface area contributed by atoms with Crippen LogP contribution in [0.25, 0.3) is 22.0 Å². The number of imide groups is 1. The molecule has 5 aliphatic rings. The second kappa shape index (κ2) is 22.0. The lowest BCUT2D eigenvalue weighted by molar-refractivity contribution is -0.145. The maximum absolute atomic E-state index is 16.7. The summed E-state index contributed by atoms with van der Waals surface area (Å²) in [6.45, 7) is 7.23. The Hall–Kier alpha value is -6.08. The van der Waals surface area contributed by atoms with Gasteiger partial charge in [-0.25, -0.2) is 17.6 Å². The molecule has 0 bridgehead atoms. The Bertz CT molecular complexity index is 3100. The van der Waals surface area contributed by atoms with E-state index in [1.807, 2.05) is 42.2 Å². The summed E-state index contributed by atoms with van der Waals surface area (Å²) in [6, 6.07) is 14.7. The molecular weight excluding hydrogens is 1020 g/mol. The summed E-state index contributed by atoms with van der Waals surface area (Å²) in [5, 5.41) is 22.3. The molecule has 0 spiro atoms. The van der Waals surface area contributed by atoms with Crippen LogP contribution in [-0.2, 0) is 27.0 Å². The van der Waals surface area contributed by atoms with Crippen molar-refractivity contribution < 1.29 is 51.3 Å². The number of rotatable bonds is 14. The number of aromatic nitrogens is 2. The zero-order valence-corrected chi connectivity index (χ0v) is 44.6. The Labute approximate surface area is 450 Å². The van der Waals surface area contributed by atoms with Gasteiger partial charge in [-0.1, -0.05) is 55.8 Å². The van der Waals surface area contributed by atoms with Crippen molar-refractivity contribution in [3.05, 3.63) is 111 Å². The average molecular weight is 1080 g/mol. The van der Waals surface area contributed by atoms with Crippen molar-refractivity contribution >= 4 is 46.1 Å². The second-order valence-corrected chi connectivity index (χ2v) is 22.4. The first-order chi connectivity index (χ1) is 37.0. The first-order valence-electron chi connectivity index (χ1n) is 26.9. The molecule has 14 nitrogen and oxygen atoms in total. The van der Waals surface area contributed by atoms with Gasteiger partial charge in [-0.15, -0.1) is 0 Å². The van der Waals surface area contributed by atoms with Gasteiger partial charge in [-0.2, -0.15) is 5.10 Å². The Morgan fingerprint density at radius 2 is 1.62 bits per heavy atom. The van der Waals surface area contributed by atoms with Crippen LogP contribution in [0.1, 0.15) is 129 Å². The number of nitrogens with zero attached hydrogens (tertiary/aromatic N) is 4. The van der Waals surface area contributed by atoms with Crippen molar-refractivity contribution in [1.29, 1.82) is 0 Å². The molecule has 4 aliphatic heterocycles. The van der Waals surface area contributed by atoms with E-state index in [1.54, 1.807) is 7.05 Å². The normalized spacial score (nSPS) is 24.4. The van der Waals surface area contributed by atoms with Crippen LogP contribution in [0.2, 0.25) is 5.02 Å². The fourth-order valence-corrected chi connectivity index (χ4v) is 13.3. The second-order valence-electron chi connectivity index (χ2n) is 22.0. The average Bonchev–Trinajstić information content (AvgIpc) is 4.11. The van der Waals surface area contributed by atoms with Crippen LogP contribution in [0.3, 0.4) is 0 Å². The van der Waals surface area contributed by atoms with Crippen LogP contribution in [-0.4, -0.2) is 114 Å². The van der Waals surface area contributed by atoms with Crippen molar-refractivity contribution in [3.63, 3.8) is 0 Å². The topological polar surface area (TPSA) is 167 Å². The molecule has 4 amide bonds. The predicted octanol–water partition coefficient (Wildman–Crippen LogP) is 8.75. The van der Waals surface area contributed by atoms with Gasteiger partial charge in [-0.3, -0.25) is 29.2 Å². The van der Waals surface area contributed by atoms with E-state index in [0.29, 0.717) is 63.3 Å². The van der Waals surface area contributed by atoms with Crippen molar-refractivity contribution in [2.24, 2.45) is 18.4 Å². The van der Waals surface area contributed by atoms with Crippen LogP contribution in [0, 0.1) is 34.6 Å². The fourth-order valence-electron chi connectivity index (χ4n) is 13.0. The van der Waals surface area contributed by atoms with Crippen molar-refractivity contribution in [3.8, 4) is 22.6 Å². The molecule has 1 aliphatic carbocycles. The van der Waals surface area contributed by atoms with Crippen LogP contribution in [0.4, 0.5) is 17.6 Å². The summed E-state index contributed by atoms with van der Waals surface area (Å²) >= 11 is 6.79. The number of carbonyl (C=O) groups excluding carboxylic acids is 4. The Kier molecular flexibility index (Phi) is 15.5. The minimum absolute atomic E-state index is 0.0205. The number of aryl methyl sites for hydroxylation is 1. The van der Waals surface area contributed by atoms with Gasteiger partial charge in [0.05, 0.1) is 28.8 Å². The number of likely N-dealkylation sites (tertiary alicyclic amines) is 2. The van der Waals surface area contributed by atoms with Gasteiger partial charge in [0.15, 0.2) is 23.0 Å². The SMILES string of the molecule is CNC(=O)c1ccc(OCCO)c(F)c1-c1c(Cl)c(F)cc2c1[C@H](C)[C@@](CNC1CCC(C)(C(=O)N3CCC(CN4CCC(c5c(F)cc6c(C7CCC(=O)NC7=O)nn(C)c6c5F)CC4)CC3)CC1)(c1ccccc1)O2. The van der Waals surface area contributed by atoms with Gasteiger partial charge in [0.25, 0.3) is 5.91 Å². The van der Waals surface area contributed by atoms with E-state index >= 15 is 17.6 Å². The van der Waals surface area contributed by atoms with Crippen LogP contribution in [0.15, 0.2) is 54.6 Å². The molecule has 0 radical (unpaired) electrons. The third kappa shape index (κ3) is 10.1. The molecular formula is C58H66ClF4N7O7. The number of piperidine rings is 3. The van der Waals surface area contributed by atoms with Gasteiger partial charge in [-0.05, 0) is 106 Å². The van der Waals surface area contributed by atoms with Gasteiger partial charge < -0.3 is 35.0 Å². The highest BCUT2D eigenvalue weighted by Crippen LogP contribution is 2.57. The minimum atomic E-state index is -1.13. The molecule has 1 unspecified atom stereocenters. The lowest BCUT2D eigenvalue weighted by Crippen LogP contribution is -2.51. The van der Waals surface area contributed by atoms with E-state index in [4.69, 9.17) is 21.1 Å². The van der Waals surface area contributed by atoms with Crippen LogP contribution >= 0.6 is 11.6 Å².